The molecule has 1 heterocycles. The Morgan fingerprint density at radius 3 is 2.35 bits per heavy atom. The fourth-order valence-electron chi connectivity index (χ4n) is 3.61. The van der Waals surface area contributed by atoms with Crippen LogP contribution in [0.5, 0.6) is 11.5 Å². The number of halogens is 7. The number of ether oxygens (including phenoxy) is 1. The number of hydrogen-bond acceptors (Lipinski definition) is 3. The van der Waals surface area contributed by atoms with Gasteiger partial charge in [0.15, 0.2) is 0 Å². The Bertz CT molecular complexity index is 1450. The summed E-state index contributed by atoms with van der Waals surface area (Å²) in [5.41, 5.74) is -1.93. The lowest BCUT2D eigenvalue weighted by Crippen LogP contribution is -2.18. The first-order valence-corrected chi connectivity index (χ1v) is 10.7. The number of alkyl halides is 3. The Kier molecular flexibility index (Phi) is 6.32. The molecule has 176 valence electrons. The Balaban J connectivity index is 1.80. The van der Waals surface area contributed by atoms with Crippen molar-refractivity contribution in [3.8, 4) is 11.5 Å². The fraction of sp³-hybridized carbons (Fsp3) is 0.130. The Morgan fingerprint density at radius 2 is 1.71 bits per heavy atom. The quantitative estimate of drug-likeness (QED) is 0.193. The second kappa shape index (κ2) is 8.93. The highest BCUT2D eigenvalue weighted by Crippen LogP contribution is 2.41. The third kappa shape index (κ3) is 4.48. The van der Waals surface area contributed by atoms with Gasteiger partial charge in [0.1, 0.15) is 34.5 Å². The first kappa shape index (κ1) is 24.0. The second-order valence-corrected chi connectivity index (χ2v) is 8.47. The summed E-state index contributed by atoms with van der Waals surface area (Å²) >= 11 is 1.55. The minimum absolute atomic E-state index is 0.0473. The predicted octanol–water partition coefficient (Wildman–Crippen LogP) is 6.84. The van der Waals surface area contributed by atoms with Crippen molar-refractivity contribution >= 4 is 33.5 Å². The average Bonchev–Trinajstić information content (AvgIpc) is 2.72. The standard InChI is InChI=1S/C23H13F6IN2O2/c1-11(20-15(25)7-12(24)8-16(20)26)32-10-31-22(33)14-9-13(5-6-18(14)32)34-19-4-2-3-17(30)21(19)23(27,28)29/h2-11H,1H3/t11-/m1/s1. The molecule has 4 nitrogen and oxygen atoms in total. The van der Waals surface area contributed by atoms with E-state index in [0.29, 0.717) is 12.1 Å². The topological polar surface area (TPSA) is 44.1 Å². The number of aromatic nitrogens is 2. The van der Waals surface area contributed by atoms with Crippen molar-refractivity contribution < 1.29 is 31.1 Å². The summed E-state index contributed by atoms with van der Waals surface area (Å²) in [6.45, 7) is 1.43. The molecule has 0 radical (unpaired) electrons. The van der Waals surface area contributed by atoms with Gasteiger partial charge in [0, 0.05) is 21.3 Å². The van der Waals surface area contributed by atoms with Gasteiger partial charge < -0.3 is 9.30 Å². The molecule has 0 saturated carbocycles. The van der Waals surface area contributed by atoms with Crippen molar-refractivity contribution in [3.05, 3.63) is 97.4 Å². The lowest BCUT2D eigenvalue weighted by molar-refractivity contribution is -0.139. The largest absolute Gasteiger partial charge is 0.457 e. The lowest BCUT2D eigenvalue weighted by Gasteiger charge is -2.20. The molecule has 1 atom stereocenters. The van der Waals surface area contributed by atoms with Crippen LogP contribution in [0.1, 0.15) is 24.1 Å². The van der Waals surface area contributed by atoms with Crippen LogP contribution in [-0.4, -0.2) is 9.55 Å². The molecular weight excluding hydrogens is 577 g/mol. The normalized spacial score (nSPS) is 12.7. The summed E-state index contributed by atoms with van der Waals surface area (Å²) < 4.78 is 89.1. The summed E-state index contributed by atoms with van der Waals surface area (Å²) in [4.78, 5) is 16.1. The van der Waals surface area contributed by atoms with Gasteiger partial charge in [-0.05, 0) is 59.8 Å². The van der Waals surface area contributed by atoms with Crippen molar-refractivity contribution in [1.29, 1.82) is 0 Å². The molecule has 0 aliphatic rings. The first-order valence-electron chi connectivity index (χ1n) is 9.66. The molecule has 0 unspecified atom stereocenters. The number of hydrogen-bond donors (Lipinski definition) is 0. The lowest BCUT2D eigenvalue weighted by atomic mass is 10.1. The first-order chi connectivity index (χ1) is 16.0. The van der Waals surface area contributed by atoms with E-state index in [-0.39, 0.29) is 20.2 Å². The molecule has 4 aromatic rings. The van der Waals surface area contributed by atoms with Gasteiger partial charge in [-0.15, -0.1) is 0 Å². The van der Waals surface area contributed by atoms with Gasteiger partial charge in [-0.1, -0.05) is 6.07 Å². The van der Waals surface area contributed by atoms with Gasteiger partial charge in [-0.25, -0.2) is 13.2 Å². The molecule has 11 heteroatoms. The zero-order valence-electron chi connectivity index (χ0n) is 17.1. The predicted molar refractivity (Wildman–Crippen MR) is 120 cm³/mol. The SMILES string of the molecule is C[C@H](c1c(F)cc(F)cc1F)n1cnc(=O)c2cc(Oc3cccc(I)c3C(F)(F)F)ccc21. The number of fused-ring (bicyclic) bond motifs is 1. The molecule has 0 aliphatic carbocycles. The van der Waals surface area contributed by atoms with Crippen LogP contribution >= 0.6 is 22.6 Å². The highest BCUT2D eigenvalue weighted by Gasteiger charge is 2.37. The average molecular weight is 590 g/mol. The minimum atomic E-state index is -4.67. The molecule has 4 rings (SSSR count). The van der Waals surface area contributed by atoms with E-state index in [0.717, 1.165) is 12.4 Å². The highest BCUT2D eigenvalue weighted by molar-refractivity contribution is 14.1. The van der Waals surface area contributed by atoms with Gasteiger partial charge in [-0.3, -0.25) is 4.79 Å². The van der Waals surface area contributed by atoms with E-state index in [2.05, 4.69) is 4.98 Å². The molecule has 3 aromatic carbocycles. The molecule has 0 aliphatic heterocycles. The zero-order chi connectivity index (χ0) is 24.8. The summed E-state index contributed by atoms with van der Waals surface area (Å²) in [5, 5.41) is -0.0473. The molecule has 0 bridgehead atoms. The Morgan fingerprint density at radius 1 is 1.03 bits per heavy atom. The minimum Gasteiger partial charge on any atom is -0.457 e. The maximum Gasteiger partial charge on any atom is 0.421 e. The third-order valence-corrected chi connectivity index (χ3v) is 6.04. The maximum absolute atomic E-state index is 14.3. The van der Waals surface area contributed by atoms with Crippen LogP contribution in [0.2, 0.25) is 0 Å². The molecule has 34 heavy (non-hydrogen) atoms. The summed E-state index contributed by atoms with van der Waals surface area (Å²) in [6, 6.07) is 7.77. The van der Waals surface area contributed by atoms with Crippen LogP contribution in [-0.2, 0) is 6.18 Å². The number of benzene rings is 3. The summed E-state index contributed by atoms with van der Waals surface area (Å²) in [7, 11) is 0. The van der Waals surface area contributed by atoms with Crippen molar-refractivity contribution in [3.63, 3.8) is 0 Å². The van der Waals surface area contributed by atoms with Crippen LogP contribution in [0, 0.1) is 21.0 Å². The number of rotatable bonds is 4. The van der Waals surface area contributed by atoms with Crippen LogP contribution in [0.15, 0.2) is 59.7 Å². The molecule has 0 saturated heterocycles. The van der Waals surface area contributed by atoms with Crippen molar-refractivity contribution in [2.45, 2.75) is 19.1 Å². The van der Waals surface area contributed by atoms with E-state index >= 15 is 0 Å². The van der Waals surface area contributed by atoms with Gasteiger partial charge >= 0.3 is 6.18 Å². The molecule has 0 spiro atoms. The van der Waals surface area contributed by atoms with E-state index in [1.165, 1.54) is 41.8 Å². The maximum atomic E-state index is 14.3. The van der Waals surface area contributed by atoms with E-state index in [1.54, 1.807) is 22.6 Å². The van der Waals surface area contributed by atoms with E-state index in [1.807, 2.05) is 0 Å². The zero-order valence-corrected chi connectivity index (χ0v) is 19.3. The molecule has 0 fully saturated rings. The van der Waals surface area contributed by atoms with Gasteiger partial charge in [0.05, 0.1) is 23.3 Å². The molecule has 0 amide bonds. The van der Waals surface area contributed by atoms with E-state index < -0.39 is 52.1 Å². The van der Waals surface area contributed by atoms with Gasteiger partial charge in [0.2, 0.25) is 0 Å². The smallest absolute Gasteiger partial charge is 0.421 e. The highest BCUT2D eigenvalue weighted by atomic mass is 127. The van der Waals surface area contributed by atoms with Crippen LogP contribution in [0.3, 0.4) is 0 Å². The molecular formula is C23H13F6IN2O2. The van der Waals surface area contributed by atoms with Crippen LogP contribution in [0.4, 0.5) is 26.3 Å². The van der Waals surface area contributed by atoms with Crippen LogP contribution in [0.25, 0.3) is 10.9 Å². The summed E-state index contributed by atoms with van der Waals surface area (Å²) in [6.07, 6.45) is -3.59. The monoisotopic (exact) mass is 590 g/mol. The number of nitrogens with zero attached hydrogens (tertiary/aromatic N) is 2. The summed E-state index contributed by atoms with van der Waals surface area (Å²) in [5.74, 6) is -3.83. The third-order valence-electron chi connectivity index (χ3n) is 5.14. The van der Waals surface area contributed by atoms with Gasteiger partial charge in [-0.2, -0.15) is 18.2 Å². The van der Waals surface area contributed by atoms with E-state index in [9.17, 15) is 31.1 Å². The van der Waals surface area contributed by atoms with Crippen LogP contribution < -0.4 is 10.3 Å². The Hall–Kier alpha value is -3.09. The Labute approximate surface area is 202 Å². The fourth-order valence-corrected chi connectivity index (χ4v) is 4.39. The van der Waals surface area contributed by atoms with Crippen molar-refractivity contribution in [2.24, 2.45) is 0 Å². The van der Waals surface area contributed by atoms with Crippen molar-refractivity contribution in [2.75, 3.05) is 0 Å². The van der Waals surface area contributed by atoms with E-state index in [4.69, 9.17) is 4.74 Å². The van der Waals surface area contributed by atoms with Gasteiger partial charge in [0.25, 0.3) is 5.56 Å². The molecule has 0 N–H and O–H groups in total. The van der Waals surface area contributed by atoms with Crippen molar-refractivity contribution in [1.82, 2.24) is 9.55 Å². The second-order valence-electron chi connectivity index (χ2n) is 7.31. The molecule has 1 aromatic heterocycles.